The average molecular weight is 286 g/mol. The van der Waals surface area contributed by atoms with Crippen molar-refractivity contribution in [3.8, 4) is 0 Å². The molecule has 1 aromatic rings. The molecule has 1 saturated heterocycles. The maximum atomic E-state index is 12.6. The van der Waals surface area contributed by atoms with E-state index in [4.69, 9.17) is 11.1 Å². The van der Waals surface area contributed by atoms with Gasteiger partial charge in [-0.25, -0.2) is 0 Å². The summed E-state index contributed by atoms with van der Waals surface area (Å²) in [5.74, 6) is -1.31. The first-order valence-corrected chi connectivity index (χ1v) is 6.45. The minimum Gasteiger partial charge on any atom is -0.382 e. The molecule has 1 aromatic heterocycles. The van der Waals surface area contributed by atoms with Crippen LogP contribution in [0.5, 0.6) is 0 Å². The van der Waals surface area contributed by atoms with Gasteiger partial charge in [-0.2, -0.15) is 13.2 Å². The van der Waals surface area contributed by atoms with Gasteiger partial charge in [-0.1, -0.05) is 6.07 Å². The molecule has 1 aliphatic rings. The quantitative estimate of drug-likeness (QED) is 0.661. The summed E-state index contributed by atoms with van der Waals surface area (Å²) in [5.41, 5.74) is 6.64. The summed E-state index contributed by atoms with van der Waals surface area (Å²) in [4.78, 5) is 5.99. The Morgan fingerprint density at radius 1 is 1.40 bits per heavy atom. The zero-order chi connectivity index (χ0) is 14.8. The van der Waals surface area contributed by atoms with Crippen LogP contribution in [0.1, 0.15) is 24.1 Å². The first-order valence-electron chi connectivity index (χ1n) is 6.45. The number of nitrogen functional groups attached to an aromatic ring is 1. The van der Waals surface area contributed by atoms with Gasteiger partial charge < -0.3 is 5.73 Å². The molecule has 3 N–H and O–H groups in total. The van der Waals surface area contributed by atoms with E-state index in [1.165, 1.54) is 0 Å². The van der Waals surface area contributed by atoms with Crippen LogP contribution in [-0.2, 0) is 6.54 Å². The molecule has 0 unspecified atom stereocenters. The molecule has 1 aliphatic heterocycles. The Morgan fingerprint density at radius 2 is 2.05 bits per heavy atom. The van der Waals surface area contributed by atoms with Crippen molar-refractivity contribution in [3.05, 3.63) is 29.6 Å². The van der Waals surface area contributed by atoms with Gasteiger partial charge >= 0.3 is 6.18 Å². The topological polar surface area (TPSA) is 66.0 Å². The molecular weight excluding hydrogens is 269 g/mol. The van der Waals surface area contributed by atoms with Crippen molar-refractivity contribution < 1.29 is 13.2 Å². The predicted molar refractivity (Wildman–Crippen MR) is 69.3 cm³/mol. The van der Waals surface area contributed by atoms with E-state index in [-0.39, 0.29) is 18.7 Å². The smallest absolute Gasteiger partial charge is 0.382 e. The maximum Gasteiger partial charge on any atom is 0.391 e. The van der Waals surface area contributed by atoms with Gasteiger partial charge in [0.05, 0.1) is 5.92 Å². The van der Waals surface area contributed by atoms with Crippen molar-refractivity contribution in [1.82, 2.24) is 9.88 Å². The number of hydrogen-bond donors (Lipinski definition) is 2. The number of hydrogen-bond acceptors (Lipinski definition) is 3. The minimum atomic E-state index is -4.09. The van der Waals surface area contributed by atoms with Crippen molar-refractivity contribution in [2.75, 3.05) is 13.1 Å². The van der Waals surface area contributed by atoms with Crippen molar-refractivity contribution in [2.24, 2.45) is 11.7 Å². The van der Waals surface area contributed by atoms with E-state index in [0.29, 0.717) is 25.3 Å². The Bertz CT molecular complexity index is 479. The molecule has 2 rings (SSSR count). The van der Waals surface area contributed by atoms with Crippen LogP contribution < -0.4 is 5.73 Å². The van der Waals surface area contributed by atoms with Gasteiger partial charge in [0.1, 0.15) is 11.5 Å². The zero-order valence-corrected chi connectivity index (χ0v) is 11.0. The molecule has 0 aromatic carbocycles. The molecule has 1 fully saturated rings. The molecule has 2 heterocycles. The Kier molecular flexibility index (Phi) is 4.27. The van der Waals surface area contributed by atoms with Crippen LogP contribution in [0.25, 0.3) is 0 Å². The number of piperidine rings is 1. The SMILES string of the molecule is N=C(N)c1ncccc1CN1CCC(C(F)(F)F)CC1. The molecule has 0 aliphatic carbocycles. The number of nitrogens with zero attached hydrogens (tertiary/aromatic N) is 2. The molecular formula is C13H17F3N4. The van der Waals surface area contributed by atoms with Gasteiger partial charge in [0.2, 0.25) is 0 Å². The summed E-state index contributed by atoms with van der Waals surface area (Å²) in [6.07, 6.45) is -2.29. The van der Waals surface area contributed by atoms with Crippen molar-refractivity contribution >= 4 is 5.84 Å². The monoisotopic (exact) mass is 286 g/mol. The van der Waals surface area contributed by atoms with E-state index in [1.807, 2.05) is 4.90 Å². The third-order valence-electron chi connectivity index (χ3n) is 3.59. The van der Waals surface area contributed by atoms with Gasteiger partial charge in [-0.15, -0.1) is 0 Å². The fraction of sp³-hybridized carbons (Fsp3) is 0.538. The van der Waals surface area contributed by atoms with Gasteiger partial charge in [0.25, 0.3) is 0 Å². The Labute approximate surface area is 115 Å². The van der Waals surface area contributed by atoms with Crippen LogP contribution in [0.4, 0.5) is 13.2 Å². The number of amidine groups is 1. The number of halogens is 3. The molecule has 0 radical (unpaired) electrons. The van der Waals surface area contributed by atoms with E-state index in [2.05, 4.69) is 4.98 Å². The minimum absolute atomic E-state index is 0.120. The van der Waals surface area contributed by atoms with E-state index in [0.717, 1.165) is 5.56 Å². The molecule has 4 nitrogen and oxygen atoms in total. The fourth-order valence-corrected chi connectivity index (χ4v) is 2.47. The standard InChI is InChI=1S/C13H17F3N4/c14-13(15,16)10-3-6-20(7-4-10)8-9-2-1-5-19-11(9)12(17)18/h1-2,5,10H,3-4,6-8H2,(H3,17,18). The number of aromatic nitrogens is 1. The highest BCUT2D eigenvalue weighted by atomic mass is 19.4. The van der Waals surface area contributed by atoms with Crippen LogP contribution in [-0.4, -0.2) is 35.0 Å². The maximum absolute atomic E-state index is 12.6. The fourth-order valence-electron chi connectivity index (χ4n) is 2.47. The van der Waals surface area contributed by atoms with E-state index in [1.54, 1.807) is 18.3 Å². The van der Waals surface area contributed by atoms with Crippen molar-refractivity contribution in [2.45, 2.75) is 25.6 Å². The molecule has 7 heteroatoms. The van der Waals surface area contributed by atoms with Crippen LogP contribution in [0.3, 0.4) is 0 Å². The number of rotatable bonds is 3. The van der Waals surface area contributed by atoms with Crippen LogP contribution in [0, 0.1) is 11.3 Å². The van der Waals surface area contributed by atoms with Gasteiger partial charge in [-0.05, 0) is 37.6 Å². The lowest BCUT2D eigenvalue weighted by molar-refractivity contribution is -0.185. The molecule has 0 bridgehead atoms. The number of alkyl halides is 3. The van der Waals surface area contributed by atoms with Gasteiger partial charge in [0, 0.05) is 12.7 Å². The van der Waals surface area contributed by atoms with Crippen molar-refractivity contribution in [1.29, 1.82) is 5.41 Å². The summed E-state index contributed by atoms with van der Waals surface area (Å²) < 4.78 is 37.8. The Hall–Kier alpha value is -1.63. The molecule has 0 amide bonds. The van der Waals surface area contributed by atoms with Crippen LogP contribution in [0.2, 0.25) is 0 Å². The summed E-state index contributed by atoms with van der Waals surface area (Å²) in [7, 11) is 0. The molecule has 0 spiro atoms. The lowest BCUT2D eigenvalue weighted by Gasteiger charge is -2.33. The number of pyridine rings is 1. The van der Waals surface area contributed by atoms with Crippen LogP contribution >= 0.6 is 0 Å². The number of nitrogens with two attached hydrogens (primary N) is 1. The van der Waals surface area contributed by atoms with Gasteiger partial charge in [-0.3, -0.25) is 15.3 Å². The highest BCUT2D eigenvalue weighted by Gasteiger charge is 2.40. The normalized spacial score (nSPS) is 18.1. The van der Waals surface area contributed by atoms with E-state index < -0.39 is 12.1 Å². The molecule has 20 heavy (non-hydrogen) atoms. The first kappa shape index (κ1) is 14.8. The summed E-state index contributed by atoms with van der Waals surface area (Å²) >= 11 is 0. The largest absolute Gasteiger partial charge is 0.391 e. The Balaban J connectivity index is 1.98. The summed E-state index contributed by atoms with van der Waals surface area (Å²) in [6, 6.07) is 3.55. The number of nitrogens with one attached hydrogen (secondary N) is 1. The highest BCUT2D eigenvalue weighted by Crippen LogP contribution is 2.34. The van der Waals surface area contributed by atoms with E-state index >= 15 is 0 Å². The molecule has 110 valence electrons. The molecule has 0 atom stereocenters. The van der Waals surface area contributed by atoms with E-state index in [9.17, 15) is 13.2 Å². The average Bonchev–Trinajstić information content (AvgIpc) is 2.38. The van der Waals surface area contributed by atoms with Crippen molar-refractivity contribution in [3.63, 3.8) is 0 Å². The Morgan fingerprint density at radius 3 is 2.60 bits per heavy atom. The third kappa shape index (κ3) is 3.47. The second kappa shape index (κ2) is 5.78. The third-order valence-corrected chi connectivity index (χ3v) is 3.59. The highest BCUT2D eigenvalue weighted by molar-refractivity contribution is 5.94. The van der Waals surface area contributed by atoms with Gasteiger partial charge in [0.15, 0.2) is 0 Å². The zero-order valence-electron chi connectivity index (χ0n) is 11.0. The summed E-state index contributed by atoms with van der Waals surface area (Å²) in [5, 5.41) is 7.46. The number of likely N-dealkylation sites (tertiary alicyclic amines) is 1. The lowest BCUT2D eigenvalue weighted by atomic mass is 9.96. The first-order chi connectivity index (χ1) is 9.38. The predicted octanol–water partition coefficient (Wildman–Crippen LogP) is 2.14. The second-order valence-electron chi connectivity index (χ2n) is 5.02. The second-order valence-corrected chi connectivity index (χ2v) is 5.02. The summed E-state index contributed by atoms with van der Waals surface area (Å²) in [6.45, 7) is 1.28. The molecule has 0 saturated carbocycles. The van der Waals surface area contributed by atoms with Crippen LogP contribution in [0.15, 0.2) is 18.3 Å². The lowest BCUT2D eigenvalue weighted by Crippen LogP contribution is -2.38.